The van der Waals surface area contributed by atoms with Gasteiger partial charge in [-0.05, 0) is 24.6 Å². The summed E-state index contributed by atoms with van der Waals surface area (Å²) in [6, 6.07) is 8.10. The van der Waals surface area contributed by atoms with E-state index in [9.17, 15) is 0 Å². The second kappa shape index (κ2) is 5.96. The highest BCUT2D eigenvalue weighted by Gasteiger charge is 2.06. The Morgan fingerprint density at radius 2 is 2.16 bits per heavy atom. The number of anilines is 1. The highest BCUT2D eigenvalue weighted by Crippen LogP contribution is 2.21. The Balaban J connectivity index is 1.99. The lowest BCUT2D eigenvalue weighted by Gasteiger charge is -2.14. The van der Waals surface area contributed by atoms with Gasteiger partial charge >= 0.3 is 0 Å². The summed E-state index contributed by atoms with van der Waals surface area (Å²) in [5.41, 5.74) is 2.18. The van der Waals surface area contributed by atoms with Gasteiger partial charge in [0.2, 0.25) is 0 Å². The lowest BCUT2D eigenvalue weighted by atomic mass is 10.1. The number of nitrogens with one attached hydrogen (secondary N) is 1. The molecular weight excluding hydrogens is 238 g/mol. The Morgan fingerprint density at radius 1 is 1.42 bits per heavy atom. The van der Waals surface area contributed by atoms with Gasteiger partial charge in [-0.3, -0.25) is 4.68 Å². The van der Waals surface area contributed by atoms with Gasteiger partial charge in [-0.25, -0.2) is 0 Å². The van der Waals surface area contributed by atoms with Gasteiger partial charge in [-0.1, -0.05) is 18.1 Å². The van der Waals surface area contributed by atoms with E-state index in [1.165, 1.54) is 5.56 Å². The molecule has 0 spiro atoms. The van der Waals surface area contributed by atoms with Crippen LogP contribution in [0.4, 0.5) is 5.69 Å². The van der Waals surface area contributed by atoms with Crippen molar-refractivity contribution in [3.8, 4) is 18.1 Å². The van der Waals surface area contributed by atoms with Crippen molar-refractivity contribution in [3.05, 3.63) is 42.2 Å². The first-order chi connectivity index (χ1) is 9.19. The third-order valence-corrected chi connectivity index (χ3v) is 2.79. The zero-order valence-corrected chi connectivity index (χ0v) is 11.1. The maximum atomic E-state index is 5.34. The van der Waals surface area contributed by atoms with Crippen molar-refractivity contribution >= 4 is 5.69 Å². The van der Waals surface area contributed by atoms with Crippen LogP contribution in [-0.4, -0.2) is 16.4 Å². The van der Waals surface area contributed by atoms with Crippen molar-refractivity contribution in [1.29, 1.82) is 0 Å². The van der Waals surface area contributed by atoms with Crippen molar-refractivity contribution < 1.29 is 4.74 Å². The third-order valence-electron chi connectivity index (χ3n) is 2.79. The fourth-order valence-corrected chi connectivity index (χ4v) is 1.81. The molecule has 0 saturated heterocycles. The Hall–Kier alpha value is -2.41. The Kier molecular flexibility index (Phi) is 4.09. The van der Waals surface area contributed by atoms with E-state index in [-0.39, 0.29) is 6.04 Å². The fourth-order valence-electron chi connectivity index (χ4n) is 1.81. The highest BCUT2D eigenvalue weighted by molar-refractivity contribution is 5.42. The molecule has 0 saturated carbocycles. The van der Waals surface area contributed by atoms with E-state index in [1.807, 2.05) is 37.5 Å². The van der Waals surface area contributed by atoms with Gasteiger partial charge in [-0.2, -0.15) is 5.10 Å². The Labute approximate surface area is 113 Å². The van der Waals surface area contributed by atoms with Gasteiger partial charge in [0.05, 0.1) is 11.9 Å². The number of benzene rings is 1. The molecule has 1 aromatic carbocycles. The van der Waals surface area contributed by atoms with E-state index < -0.39 is 0 Å². The van der Waals surface area contributed by atoms with Gasteiger partial charge in [0.25, 0.3) is 0 Å². The average Bonchev–Trinajstić information content (AvgIpc) is 2.82. The molecule has 98 valence electrons. The molecule has 0 bridgehead atoms. The van der Waals surface area contributed by atoms with Gasteiger partial charge in [0.1, 0.15) is 12.4 Å². The second-order valence-corrected chi connectivity index (χ2v) is 4.33. The second-order valence-electron chi connectivity index (χ2n) is 4.33. The molecule has 1 heterocycles. The monoisotopic (exact) mass is 255 g/mol. The van der Waals surface area contributed by atoms with Crippen LogP contribution in [0.3, 0.4) is 0 Å². The van der Waals surface area contributed by atoms with Crippen LogP contribution in [0.25, 0.3) is 0 Å². The molecule has 0 fully saturated rings. The van der Waals surface area contributed by atoms with Gasteiger partial charge < -0.3 is 10.1 Å². The summed E-state index contributed by atoms with van der Waals surface area (Å²) in [6.07, 6.45) is 8.90. The Bertz CT molecular complexity index is 566. The smallest absolute Gasteiger partial charge is 0.148 e. The molecule has 1 N–H and O–H groups in total. The minimum absolute atomic E-state index is 0.200. The van der Waals surface area contributed by atoms with E-state index in [0.29, 0.717) is 6.61 Å². The molecule has 2 aromatic rings. The topological polar surface area (TPSA) is 39.1 Å². The van der Waals surface area contributed by atoms with Crippen LogP contribution < -0.4 is 10.1 Å². The van der Waals surface area contributed by atoms with E-state index in [1.54, 1.807) is 10.9 Å². The van der Waals surface area contributed by atoms with Crippen molar-refractivity contribution in [3.63, 3.8) is 0 Å². The minimum Gasteiger partial charge on any atom is -0.481 e. The number of aryl methyl sites for hydroxylation is 1. The minimum atomic E-state index is 0.200. The van der Waals surface area contributed by atoms with Crippen molar-refractivity contribution in [2.24, 2.45) is 7.05 Å². The SMILES string of the molecule is C#CCOc1ccc([C@@H](C)Nc2cnn(C)c2)cc1. The molecule has 2 rings (SSSR count). The first-order valence-electron chi connectivity index (χ1n) is 6.10. The van der Waals surface area contributed by atoms with Gasteiger partial charge in [-0.15, -0.1) is 6.42 Å². The summed E-state index contributed by atoms with van der Waals surface area (Å²) in [7, 11) is 1.90. The number of rotatable bonds is 5. The molecule has 0 aliphatic carbocycles. The molecule has 0 aliphatic rings. The molecule has 19 heavy (non-hydrogen) atoms. The highest BCUT2D eigenvalue weighted by atomic mass is 16.5. The molecule has 1 aromatic heterocycles. The third kappa shape index (κ3) is 3.52. The van der Waals surface area contributed by atoms with Crippen molar-refractivity contribution in [1.82, 2.24) is 9.78 Å². The lowest BCUT2D eigenvalue weighted by molar-refractivity contribution is 0.370. The Morgan fingerprint density at radius 3 is 2.74 bits per heavy atom. The first-order valence-corrected chi connectivity index (χ1v) is 6.10. The lowest BCUT2D eigenvalue weighted by Crippen LogP contribution is -2.06. The van der Waals surface area contributed by atoms with Crippen LogP contribution in [0.5, 0.6) is 5.75 Å². The quantitative estimate of drug-likeness (QED) is 0.835. The zero-order valence-electron chi connectivity index (χ0n) is 11.1. The summed E-state index contributed by atoms with van der Waals surface area (Å²) in [5.74, 6) is 3.23. The normalized spacial score (nSPS) is 11.6. The number of aromatic nitrogens is 2. The maximum Gasteiger partial charge on any atom is 0.148 e. The molecule has 0 aliphatic heterocycles. The molecule has 0 radical (unpaired) electrons. The van der Waals surface area contributed by atoms with Gasteiger partial charge in [0.15, 0.2) is 0 Å². The predicted molar refractivity (Wildman–Crippen MR) is 76.0 cm³/mol. The van der Waals surface area contributed by atoms with E-state index >= 15 is 0 Å². The van der Waals surface area contributed by atoms with Gasteiger partial charge in [0, 0.05) is 19.3 Å². The number of ether oxygens (including phenoxy) is 1. The van der Waals surface area contributed by atoms with Crippen molar-refractivity contribution in [2.75, 3.05) is 11.9 Å². The largest absolute Gasteiger partial charge is 0.481 e. The molecule has 4 nitrogen and oxygen atoms in total. The summed E-state index contributed by atoms with van der Waals surface area (Å²) >= 11 is 0. The molecule has 0 unspecified atom stereocenters. The number of nitrogens with zero attached hydrogens (tertiary/aromatic N) is 2. The number of terminal acetylenes is 1. The van der Waals surface area contributed by atoms with Crippen LogP contribution in [0.2, 0.25) is 0 Å². The number of hydrogen-bond acceptors (Lipinski definition) is 3. The maximum absolute atomic E-state index is 5.34. The molecule has 0 amide bonds. The molecule has 4 heteroatoms. The zero-order chi connectivity index (χ0) is 13.7. The number of hydrogen-bond donors (Lipinski definition) is 1. The van der Waals surface area contributed by atoms with Crippen LogP contribution in [0.1, 0.15) is 18.5 Å². The van der Waals surface area contributed by atoms with Crippen LogP contribution in [0.15, 0.2) is 36.7 Å². The summed E-state index contributed by atoms with van der Waals surface area (Å²) < 4.78 is 7.11. The van der Waals surface area contributed by atoms with E-state index in [0.717, 1.165) is 11.4 Å². The van der Waals surface area contributed by atoms with Crippen LogP contribution >= 0.6 is 0 Å². The molecular formula is C15H17N3O. The van der Waals surface area contributed by atoms with E-state index in [2.05, 4.69) is 23.3 Å². The predicted octanol–water partition coefficient (Wildman–Crippen LogP) is 2.61. The summed E-state index contributed by atoms with van der Waals surface area (Å²) in [4.78, 5) is 0. The fraction of sp³-hybridized carbons (Fsp3) is 0.267. The first kappa shape index (κ1) is 13.0. The van der Waals surface area contributed by atoms with Crippen LogP contribution in [0, 0.1) is 12.3 Å². The molecule has 1 atom stereocenters. The summed E-state index contributed by atoms with van der Waals surface area (Å²) in [6.45, 7) is 2.40. The van der Waals surface area contributed by atoms with Crippen molar-refractivity contribution in [2.45, 2.75) is 13.0 Å². The standard InChI is InChI=1S/C15H17N3O/c1-4-9-19-15-7-5-13(6-8-15)12(2)17-14-10-16-18(3)11-14/h1,5-8,10-12,17H,9H2,2-3H3/t12-/m1/s1. The van der Waals surface area contributed by atoms with E-state index in [4.69, 9.17) is 11.2 Å². The average molecular weight is 255 g/mol. The van der Waals surface area contributed by atoms with Crippen LogP contribution in [-0.2, 0) is 7.05 Å². The summed E-state index contributed by atoms with van der Waals surface area (Å²) in [5, 5.41) is 7.51.